The van der Waals surface area contributed by atoms with Crippen molar-refractivity contribution in [3.8, 4) is 11.1 Å². The molecule has 0 spiro atoms. The third-order valence-corrected chi connectivity index (χ3v) is 7.15. The van der Waals surface area contributed by atoms with E-state index in [9.17, 15) is 4.79 Å². The molecule has 1 amide bonds. The molecule has 0 aliphatic carbocycles. The molecule has 210 valence electrons. The molecule has 0 atom stereocenters. The number of hydrogen-bond acceptors (Lipinski definition) is 8. The molecule has 0 bridgehead atoms. The number of likely N-dealkylation sites (N-methyl/N-ethyl adjacent to an activating group) is 1. The Labute approximate surface area is 241 Å². The summed E-state index contributed by atoms with van der Waals surface area (Å²) in [5, 5.41) is 1.42. The lowest BCUT2D eigenvalue weighted by Gasteiger charge is -2.22. The minimum absolute atomic E-state index is 0.209. The van der Waals surface area contributed by atoms with Gasteiger partial charge in [-0.2, -0.15) is 0 Å². The second-order valence-corrected chi connectivity index (χ2v) is 10.9. The van der Waals surface area contributed by atoms with Gasteiger partial charge in [0.15, 0.2) is 0 Å². The Hall–Kier alpha value is -3.63. The average molecular weight is 559 g/mol. The highest BCUT2D eigenvalue weighted by molar-refractivity contribution is 7.97. The summed E-state index contributed by atoms with van der Waals surface area (Å²) in [5.41, 5.74) is 18.0. The number of hydrogen-bond donors (Lipinski definition) is 3. The largest absolute Gasteiger partial charge is 0.399 e. The molecule has 0 fully saturated rings. The molecule has 0 aromatic heterocycles. The Morgan fingerprint density at radius 3 is 2.55 bits per heavy atom. The number of amidine groups is 1. The SMILES string of the molecule is CCCN(OCc1ccc(N)cc1)C(=O)C1=Cc2ccc(-c3cccc(SNCCN(C)C)c3)cc2N=C(N)C1. The number of fused-ring (bicyclic) bond motifs is 1. The highest BCUT2D eigenvalue weighted by Crippen LogP contribution is 2.33. The third kappa shape index (κ3) is 8.19. The fourth-order valence-corrected chi connectivity index (χ4v) is 4.90. The first-order valence-electron chi connectivity index (χ1n) is 13.4. The number of nitrogens with one attached hydrogen (secondary N) is 1. The molecular formula is C31H38N6O2S. The zero-order chi connectivity index (χ0) is 28.5. The van der Waals surface area contributed by atoms with Crippen molar-refractivity contribution in [2.24, 2.45) is 10.7 Å². The number of amides is 1. The molecule has 8 nitrogen and oxygen atoms in total. The molecule has 5 N–H and O–H groups in total. The molecule has 1 aliphatic rings. The lowest BCUT2D eigenvalue weighted by Crippen LogP contribution is -2.34. The fourth-order valence-electron chi connectivity index (χ4n) is 4.20. The summed E-state index contributed by atoms with van der Waals surface area (Å²) in [6, 6.07) is 21.9. The van der Waals surface area contributed by atoms with Crippen molar-refractivity contribution < 1.29 is 9.63 Å². The van der Waals surface area contributed by atoms with Crippen molar-refractivity contribution in [2.75, 3.05) is 39.5 Å². The van der Waals surface area contributed by atoms with Crippen LogP contribution in [0.2, 0.25) is 0 Å². The molecule has 1 aliphatic heterocycles. The van der Waals surface area contributed by atoms with E-state index in [1.807, 2.05) is 49.4 Å². The number of carbonyl (C=O) groups excluding carboxylic acids is 1. The molecule has 9 heteroatoms. The summed E-state index contributed by atoms with van der Waals surface area (Å²) in [7, 11) is 4.12. The number of anilines is 1. The van der Waals surface area contributed by atoms with Gasteiger partial charge in [-0.1, -0.05) is 43.3 Å². The first-order valence-corrected chi connectivity index (χ1v) is 14.3. The van der Waals surface area contributed by atoms with Crippen molar-refractivity contribution in [2.45, 2.75) is 31.3 Å². The number of rotatable bonds is 12. The van der Waals surface area contributed by atoms with E-state index in [4.69, 9.17) is 16.3 Å². The normalized spacial score (nSPS) is 12.9. The smallest absolute Gasteiger partial charge is 0.273 e. The molecule has 1 heterocycles. The maximum atomic E-state index is 13.5. The van der Waals surface area contributed by atoms with Crippen LogP contribution < -0.4 is 16.2 Å². The number of hydroxylamine groups is 2. The van der Waals surface area contributed by atoms with Gasteiger partial charge < -0.3 is 16.4 Å². The van der Waals surface area contributed by atoms with Gasteiger partial charge >= 0.3 is 0 Å². The standard InChI is InChI=1S/C31H38N6O2S/c1-4-15-37(39-21-22-8-12-27(32)13-9-22)31(38)26-17-25-11-10-24(19-29(25)35-30(33)20-26)23-6-5-7-28(18-23)40-34-14-16-36(2)3/h5-13,17-19,34H,4,14-16,20-21,32H2,1-3H3,(H2,33,35). The van der Waals surface area contributed by atoms with Gasteiger partial charge in [0, 0.05) is 47.8 Å². The molecule has 0 radical (unpaired) electrons. The lowest BCUT2D eigenvalue weighted by atomic mass is 10.0. The molecule has 0 saturated heterocycles. The van der Waals surface area contributed by atoms with Crippen molar-refractivity contribution in [3.05, 3.63) is 83.4 Å². The molecule has 4 rings (SSSR count). The van der Waals surface area contributed by atoms with Crippen LogP contribution in [0, 0.1) is 0 Å². The van der Waals surface area contributed by atoms with E-state index in [1.54, 1.807) is 11.9 Å². The summed E-state index contributed by atoms with van der Waals surface area (Å²) >= 11 is 1.62. The predicted octanol–water partition coefficient (Wildman–Crippen LogP) is 5.24. The summed E-state index contributed by atoms with van der Waals surface area (Å²) in [6.45, 7) is 4.61. The molecule has 40 heavy (non-hydrogen) atoms. The van der Waals surface area contributed by atoms with E-state index in [2.05, 4.69) is 59.0 Å². The van der Waals surface area contributed by atoms with Gasteiger partial charge in [0.2, 0.25) is 0 Å². The molecular weight excluding hydrogens is 520 g/mol. The van der Waals surface area contributed by atoms with Crippen LogP contribution >= 0.6 is 11.9 Å². The van der Waals surface area contributed by atoms with E-state index in [0.29, 0.717) is 23.6 Å². The number of nitrogen functional groups attached to an aromatic ring is 1. The van der Waals surface area contributed by atoms with Crippen LogP contribution in [0.4, 0.5) is 11.4 Å². The minimum atomic E-state index is -0.209. The second kappa shape index (κ2) is 14.1. The quantitative estimate of drug-likeness (QED) is 0.121. The van der Waals surface area contributed by atoms with Crippen molar-refractivity contribution in [3.63, 3.8) is 0 Å². The first-order chi connectivity index (χ1) is 19.3. The van der Waals surface area contributed by atoms with Crippen LogP contribution in [0.15, 0.2) is 82.2 Å². The van der Waals surface area contributed by atoms with Gasteiger partial charge in [0.1, 0.15) is 12.4 Å². The number of carbonyl (C=O) groups is 1. The Balaban J connectivity index is 1.51. The van der Waals surface area contributed by atoms with Gasteiger partial charge in [-0.3, -0.25) is 14.4 Å². The van der Waals surface area contributed by atoms with E-state index in [1.165, 1.54) is 5.06 Å². The maximum absolute atomic E-state index is 13.5. The topological polar surface area (TPSA) is 109 Å². The van der Waals surface area contributed by atoms with Gasteiger partial charge in [-0.05, 0) is 85.6 Å². The van der Waals surface area contributed by atoms with Crippen LogP contribution in [0.3, 0.4) is 0 Å². The molecule has 3 aromatic rings. The Kier molecular flexibility index (Phi) is 10.4. The van der Waals surface area contributed by atoms with Gasteiger partial charge in [-0.25, -0.2) is 10.1 Å². The van der Waals surface area contributed by atoms with Gasteiger partial charge in [0.25, 0.3) is 5.91 Å². The molecule has 0 unspecified atom stereocenters. The highest BCUT2D eigenvalue weighted by atomic mass is 32.2. The van der Waals surface area contributed by atoms with Crippen molar-refractivity contribution >= 4 is 41.1 Å². The minimum Gasteiger partial charge on any atom is -0.399 e. The summed E-state index contributed by atoms with van der Waals surface area (Å²) in [5.74, 6) is 0.179. The van der Waals surface area contributed by atoms with Gasteiger partial charge in [0.05, 0.1) is 5.69 Å². The monoisotopic (exact) mass is 558 g/mol. The fraction of sp³-hybridized carbons (Fsp3) is 0.290. The first kappa shape index (κ1) is 29.4. The number of benzene rings is 3. The second-order valence-electron chi connectivity index (χ2n) is 9.97. The number of aliphatic imine (C=N–C) groups is 1. The summed E-state index contributed by atoms with van der Waals surface area (Å²) in [4.78, 5) is 27.4. The molecule has 0 saturated carbocycles. The van der Waals surface area contributed by atoms with Crippen LogP contribution in [-0.2, 0) is 16.2 Å². The highest BCUT2D eigenvalue weighted by Gasteiger charge is 2.22. The van der Waals surface area contributed by atoms with E-state index in [0.717, 1.165) is 52.3 Å². The van der Waals surface area contributed by atoms with Gasteiger partial charge in [-0.15, -0.1) is 0 Å². The molecule has 3 aromatic carbocycles. The predicted molar refractivity (Wildman–Crippen MR) is 166 cm³/mol. The maximum Gasteiger partial charge on any atom is 0.273 e. The van der Waals surface area contributed by atoms with Crippen LogP contribution in [-0.4, -0.2) is 55.4 Å². The van der Waals surface area contributed by atoms with Crippen LogP contribution in [0.1, 0.15) is 30.9 Å². The Morgan fingerprint density at radius 2 is 1.80 bits per heavy atom. The number of nitrogens with two attached hydrogens (primary N) is 2. The van der Waals surface area contributed by atoms with E-state index in [-0.39, 0.29) is 18.9 Å². The van der Waals surface area contributed by atoms with Crippen molar-refractivity contribution in [1.82, 2.24) is 14.7 Å². The summed E-state index contributed by atoms with van der Waals surface area (Å²) < 4.78 is 3.41. The summed E-state index contributed by atoms with van der Waals surface area (Å²) in [6.07, 6.45) is 2.88. The van der Waals surface area contributed by atoms with Crippen molar-refractivity contribution in [1.29, 1.82) is 0 Å². The zero-order valence-corrected chi connectivity index (χ0v) is 24.2. The van der Waals surface area contributed by atoms with E-state index >= 15 is 0 Å². The number of nitrogens with zero attached hydrogens (tertiary/aromatic N) is 3. The Bertz CT molecular complexity index is 1370. The lowest BCUT2D eigenvalue weighted by molar-refractivity contribution is -0.187. The van der Waals surface area contributed by atoms with Crippen LogP contribution in [0.25, 0.3) is 17.2 Å². The van der Waals surface area contributed by atoms with Crippen LogP contribution in [0.5, 0.6) is 0 Å². The Morgan fingerprint density at radius 1 is 1.02 bits per heavy atom. The zero-order valence-electron chi connectivity index (χ0n) is 23.4. The third-order valence-electron chi connectivity index (χ3n) is 6.31. The average Bonchev–Trinajstić information content (AvgIpc) is 3.11. The van der Waals surface area contributed by atoms with E-state index < -0.39 is 0 Å².